The van der Waals surface area contributed by atoms with Gasteiger partial charge in [0.05, 0.1) is 16.5 Å². The number of rotatable bonds is 8. The fourth-order valence-electron chi connectivity index (χ4n) is 3.44. The predicted molar refractivity (Wildman–Crippen MR) is 117 cm³/mol. The molecule has 1 aliphatic rings. The second-order valence-electron chi connectivity index (χ2n) is 7.51. The molecule has 0 aromatic heterocycles. The van der Waals surface area contributed by atoms with Gasteiger partial charge in [-0.15, -0.1) is 0 Å². The number of aliphatic hydroxyl groups excluding tert-OH is 1. The van der Waals surface area contributed by atoms with E-state index in [0.29, 0.717) is 35.3 Å². The number of benzene rings is 2. The van der Waals surface area contributed by atoms with Crippen molar-refractivity contribution in [1.29, 1.82) is 0 Å². The van der Waals surface area contributed by atoms with Gasteiger partial charge in [-0.1, -0.05) is 53.0 Å². The molecule has 0 aliphatic carbocycles. The SMILES string of the molecule is Cc1ccc(CN(CC(O)COc2ccc(Cl)cc2Cl)C2CCS(=O)(=O)C2)cc1. The van der Waals surface area contributed by atoms with E-state index in [1.165, 1.54) is 0 Å². The lowest BCUT2D eigenvalue weighted by Crippen LogP contribution is -2.42. The van der Waals surface area contributed by atoms with Gasteiger partial charge in [0.15, 0.2) is 9.84 Å². The highest BCUT2D eigenvalue weighted by Crippen LogP contribution is 2.28. The zero-order valence-corrected chi connectivity index (χ0v) is 18.6. The van der Waals surface area contributed by atoms with Crippen LogP contribution in [0, 0.1) is 6.92 Å². The second kappa shape index (κ2) is 9.67. The Morgan fingerprint density at radius 1 is 1.21 bits per heavy atom. The molecule has 0 spiro atoms. The number of ether oxygens (including phenoxy) is 1. The molecule has 2 atom stereocenters. The zero-order valence-electron chi connectivity index (χ0n) is 16.2. The van der Waals surface area contributed by atoms with Gasteiger partial charge in [0, 0.05) is 24.2 Å². The summed E-state index contributed by atoms with van der Waals surface area (Å²) in [5, 5.41) is 11.4. The van der Waals surface area contributed by atoms with Gasteiger partial charge in [-0.3, -0.25) is 4.90 Å². The van der Waals surface area contributed by atoms with E-state index in [1.54, 1.807) is 18.2 Å². The molecular formula is C21H25Cl2NO4S. The molecule has 1 fully saturated rings. The van der Waals surface area contributed by atoms with Crippen molar-refractivity contribution in [2.75, 3.05) is 24.7 Å². The first-order valence-corrected chi connectivity index (χ1v) is 12.1. The highest BCUT2D eigenvalue weighted by molar-refractivity contribution is 7.91. The molecule has 0 bridgehead atoms. The number of nitrogens with zero attached hydrogens (tertiary/aromatic N) is 1. The van der Waals surface area contributed by atoms with Crippen molar-refractivity contribution in [2.24, 2.45) is 0 Å². The molecule has 0 saturated carbocycles. The predicted octanol–water partition coefficient (Wildman–Crippen LogP) is 3.73. The van der Waals surface area contributed by atoms with Crippen LogP contribution in [0.4, 0.5) is 0 Å². The van der Waals surface area contributed by atoms with Gasteiger partial charge in [-0.25, -0.2) is 8.42 Å². The van der Waals surface area contributed by atoms with E-state index >= 15 is 0 Å². The Hall–Kier alpha value is -1.31. The number of hydrogen-bond acceptors (Lipinski definition) is 5. The maximum atomic E-state index is 12.0. The van der Waals surface area contributed by atoms with Crippen molar-refractivity contribution in [1.82, 2.24) is 4.90 Å². The molecular weight excluding hydrogens is 433 g/mol. The highest BCUT2D eigenvalue weighted by Gasteiger charge is 2.33. The lowest BCUT2D eigenvalue weighted by Gasteiger charge is -2.30. The Bertz CT molecular complexity index is 934. The lowest BCUT2D eigenvalue weighted by atomic mass is 10.1. The summed E-state index contributed by atoms with van der Waals surface area (Å²) < 4.78 is 29.6. The van der Waals surface area contributed by atoms with Gasteiger partial charge in [0.1, 0.15) is 18.5 Å². The minimum Gasteiger partial charge on any atom is -0.489 e. The summed E-state index contributed by atoms with van der Waals surface area (Å²) in [7, 11) is -3.02. The molecule has 2 unspecified atom stereocenters. The van der Waals surface area contributed by atoms with E-state index in [0.717, 1.165) is 11.1 Å². The normalized spacial score (nSPS) is 19.4. The van der Waals surface area contributed by atoms with Gasteiger partial charge in [-0.2, -0.15) is 0 Å². The summed E-state index contributed by atoms with van der Waals surface area (Å²) in [5.41, 5.74) is 2.24. The van der Waals surface area contributed by atoms with Gasteiger partial charge >= 0.3 is 0 Å². The molecule has 1 aliphatic heterocycles. The fourth-order valence-corrected chi connectivity index (χ4v) is 5.66. The minimum atomic E-state index is -3.02. The maximum absolute atomic E-state index is 12.0. The van der Waals surface area contributed by atoms with Gasteiger partial charge in [-0.05, 0) is 37.1 Å². The summed E-state index contributed by atoms with van der Waals surface area (Å²) in [6.07, 6.45) is -0.222. The molecule has 2 aromatic rings. The van der Waals surface area contributed by atoms with Crippen LogP contribution >= 0.6 is 23.2 Å². The fraction of sp³-hybridized carbons (Fsp3) is 0.429. The van der Waals surface area contributed by atoms with Crippen LogP contribution in [0.2, 0.25) is 10.0 Å². The van der Waals surface area contributed by atoms with Crippen LogP contribution < -0.4 is 4.74 Å². The third kappa shape index (κ3) is 6.59. The van der Waals surface area contributed by atoms with Crippen LogP contribution in [-0.4, -0.2) is 55.2 Å². The standard InChI is InChI=1S/C21H25Cl2NO4S/c1-15-2-4-16(5-3-15)11-24(18-8-9-29(26,27)14-18)12-19(25)13-28-21-7-6-17(22)10-20(21)23/h2-7,10,18-19,25H,8-9,11-14H2,1H3. The number of halogens is 2. The third-order valence-electron chi connectivity index (χ3n) is 5.00. The largest absolute Gasteiger partial charge is 0.489 e. The van der Waals surface area contributed by atoms with Gasteiger partial charge in [0.25, 0.3) is 0 Å². The summed E-state index contributed by atoms with van der Waals surface area (Å²) in [6, 6.07) is 12.9. The van der Waals surface area contributed by atoms with Crippen molar-refractivity contribution in [3.63, 3.8) is 0 Å². The molecule has 1 heterocycles. The molecule has 8 heteroatoms. The first kappa shape index (κ1) is 22.4. The van der Waals surface area contributed by atoms with E-state index in [9.17, 15) is 13.5 Å². The number of aryl methyl sites for hydroxylation is 1. The molecule has 3 rings (SSSR count). The zero-order chi connectivity index (χ0) is 21.0. The van der Waals surface area contributed by atoms with Crippen LogP contribution in [0.25, 0.3) is 0 Å². The lowest BCUT2D eigenvalue weighted by molar-refractivity contribution is 0.0525. The van der Waals surface area contributed by atoms with Crippen molar-refractivity contribution in [3.05, 3.63) is 63.6 Å². The quantitative estimate of drug-likeness (QED) is 0.653. The topological polar surface area (TPSA) is 66.8 Å². The number of sulfone groups is 1. The van der Waals surface area contributed by atoms with Crippen LogP contribution in [0.1, 0.15) is 17.5 Å². The van der Waals surface area contributed by atoms with Gasteiger partial charge in [0.2, 0.25) is 0 Å². The highest BCUT2D eigenvalue weighted by atomic mass is 35.5. The van der Waals surface area contributed by atoms with Crippen molar-refractivity contribution >= 4 is 33.0 Å². The molecule has 29 heavy (non-hydrogen) atoms. The molecule has 0 amide bonds. The third-order valence-corrected chi connectivity index (χ3v) is 7.28. The summed E-state index contributed by atoms with van der Waals surface area (Å²) >= 11 is 12.0. The van der Waals surface area contributed by atoms with Crippen LogP contribution in [0.5, 0.6) is 5.75 Å². The van der Waals surface area contributed by atoms with Gasteiger partial charge < -0.3 is 9.84 Å². The number of aliphatic hydroxyl groups is 1. The molecule has 5 nitrogen and oxygen atoms in total. The summed E-state index contributed by atoms with van der Waals surface area (Å²) in [4.78, 5) is 2.03. The van der Waals surface area contributed by atoms with Crippen molar-refractivity contribution in [2.45, 2.75) is 32.0 Å². The van der Waals surface area contributed by atoms with E-state index in [4.69, 9.17) is 27.9 Å². The molecule has 2 aromatic carbocycles. The minimum absolute atomic E-state index is 0.0468. The monoisotopic (exact) mass is 457 g/mol. The Morgan fingerprint density at radius 3 is 2.55 bits per heavy atom. The van der Waals surface area contributed by atoms with Crippen molar-refractivity contribution in [3.8, 4) is 5.75 Å². The Kier molecular flexibility index (Phi) is 7.46. The first-order chi connectivity index (χ1) is 13.7. The smallest absolute Gasteiger partial charge is 0.151 e. The van der Waals surface area contributed by atoms with Crippen LogP contribution in [0.15, 0.2) is 42.5 Å². The molecule has 0 radical (unpaired) electrons. The Morgan fingerprint density at radius 2 is 1.93 bits per heavy atom. The van der Waals surface area contributed by atoms with Crippen LogP contribution in [-0.2, 0) is 16.4 Å². The van der Waals surface area contributed by atoms with E-state index < -0.39 is 15.9 Å². The maximum Gasteiger partial charge on any atom is 0.151 e. The summed E-state index contributed by atoms with van der Waals surface area (Å²) in [6.45, 7) is 2.94. The molecule has 1 N–H and O–H groups in total. The molecule has 1 saturated heterocycles. The van der Waals surface area contributed by atoms with E-state index in [1.807, 2.05) is 36.1 Å². The van der Waals surface area contributed by atoms with E-state index in [2.05, 4.69) is 0 Å². The number of hydrogen-bond donors (Lipinski definition) is 1. The average molecular weight is 458 g/mol. The average Bonchev–Trinajstić information content (AvgIpc) is 3.02. The first-order valence-electron chi connectivity index (χ1n) is 9.48. The van der Waals surface area contributed by atoms with Crippen molar-refractivity contribution < 1.29 is 18.3 Å². The Labute approximate surface area is 182 Å². The second-order valence-corrected chi connectivity index (χ2v) is 10.6. The van der Waals surface area contributed by atoms with Crippen LogP contribution in [0.3, 0.4) is 0 Å². The van der Waals surface area contributed by atoms with E-state index in [-0.39, 0.29) is 24.2 Å². The molecule has 158 valence electrons. The summed E-state index contributed by atoms with van der Waals surface area (Å²) in [5.74, 6) is 0.758. The Balaban J connectivity index is 1.65.